The molecule has 2 heterocycles. The zero-order valence-electron chi connectivity index (χ0n) is 13.7. The van der Waals surface area contributed by atoms with Crippen molar-refractivity contribution in [3.8, 4) is 22.5 Å². The minimum Gasteiger partial charge on any atom is -0.486 e. The maximum atomic E-state index is 7.98. The molecular weight excluding hydrogens is 308 g/mol. The predicted octanol–water partition coefficient (Wildman–Crippen LogP) is 0.475. The Morgan fingerprint density at radius 2 is 1.33 bits per heavy atom. The Hall–Kier alpha value is -2.90. The topological polar surface area (TPSA) is 110 Å². The third-order valence-corrected chi connectivity index (χ3v) is 3.69. The first-order valence-corrected chi connectivity index (χ1v) is 7.99. The highest BCUT2D eigenvalue weighted by atomic mass is 16.5. The number of aromatic nitrogens is 4. The molecule has 3 rings (SSSR count). The molecule has 2 aromatic heterocycles. The number of nitrogens with zero attached hydrogens (tertiary/aromatic N) is 4. The van der Waals surface area contributed by atoms with Crippen molar-refractivity contribution in [1.29, 1.82) is 10.8 Å². The van der Waals surface area contributed by atoms with E-state index >= 15 is 0 Å². The first-order chi connectivity index (χ1) is 11.7. The molecule has 8 nitrogen and oxygen atoms in total. The lowest BCUT2D eigenvalue weighted by molar-refractivity contribution is -0.758. The lowest BCUT2D eigenvalue weighted by atomic mass is 10.1. The molecule has 0 saturated carbocycles. The summed E-state index contributed by atoms with van der Waals surface area (Å²) in [6.45, 7) is 5.44. The van der Waals surface area contributed by atoms with Gasteiger partial charge in [0.05, 0.1) is 11.1 Å². The number of hydrogen-bond donors (Lipinski definition) is 2. The van der Waals surface area contributed by atoms with Crippen molar-refractivity contribution < 1.29 is 18.4 Å². The van der Waals surface area contributed by atoms with Crippen LogP contribution in [0.5, 0.6) is 0 Å². The Labute approximate surface area is 138 Å². The van der Waals surface area contributed by atoms with Gasteiger partial charge in [0.25, 0.3) is 22.5 Å². The number of benzene rings is 1. The molecule has 2 N–H and O–H groups in total. The van der Waals surface area contributed by atoms with Crippen LogP contribution < -0.4 is 31.0 Å². The molecule has 24 heavy (non-hydrogen) atoms. The first-order valence-electron chi connectivity index (χ1n) is 7.99. The van der Waals surface area contributed by atoms with Crippen molar-refractivity contribution in [3.05, 3.63) is 35.4 Å². The van der Waals surface area contributed by atoms with Gasteiger partial charge in [0.15, 0.2) is 0 Å². The Morgan fingerprint density at radius 1 is 0.875 bits per heavy atom. The molecule has 3 aromatic rings. The molecule has 0 amide bonds. The highest BCUT2D eigenvalue weighted by Crippen LogP contribution is 2.19. The van der Waals surface area contributed by atoms with E-state index in [0.29, 0.717) is 24.5 Å². The van der Waals surface area contributed by atoms with Gasteiger partial charge in [0.2, 0.25) is 0 Å². The second-order valence-electron chi connectivity index (χ2n) is 5.53. The lowest BCUT2D eigenvalue weighted by Crippen LogP contribution is -2.40. The average molecular weight is 328 g/mol. The standard InChI is InChI=1S/C16H20N6O2/c1-3-8-21-13(15(17)23-19-21)11-6-5-7-12(10-11)14-16(18)24-20-22(14)9-4-2/h5-7,10,17-18H,3-4,8-9H2,1-2H3. The van der Waals surface area contributed by atoms with E-state index in [0.717, 1.165) is 24.0 Å². The molecule has 0 unspecified atom stereocenters. The second-order valence-corrected chi connectivity index (χ2v) is 5.53. The van der Waals surface area contributed by atoms with Gasteiger partial charge in [0, 0.05) is 12.8 Å². The summed E-state index contributed by atoms with van der Waals surface area (Å²) in [5.41, 5.74) is 2.94. The SMILES string of the molecule is CCC[n+]1[n-]oc(=N)c1-c1cccc(-c2c(=N)o[n-][n+]2CCC)c1. The van der Waals surface area contributed by atoms with E-state index in [1.165, 1.54) is 0 Å². The fraction of sp³-hybridized carbons (Fsp3) is 0.375. The highest BCUT2D eigenvalue weighted by molar-refractivity contribution is 5.65. The summed E-state index contributed by atoms with van der Waals surface area (Å²) in [5.74, 6) is 0. The van der Waals surface area contributed by atoms with E-state index in [4.69, 9.17) is 19.9 Å². The molecule has 0 radical (unpaired) electrons. The fourth-order valence-electron chi connectivity index (χ4n) is 2.69. The lowest BCUT2D eigenvalue weighted by Gasteiger charge is -2.03. The molecule has 0 aliphatic heterocycles. The Morgan fingerprint density at radius 3 is 1.75 bits per heavy atom. The molecule has 8 heteroatoms. The molecule has 0 fully saturated rings. The van der Waals surface area contributed by atoms with Crippen molar-refractivity contribution in [2.45, 2.75) is 39.8 Å². The third kappa shape index (κ3) is 2.82. The minimum atomic E-state index is 0.0263. The van der Waals surface area contributed by atoms with Gasteiger partial charge < -0.3 is 9.05 Å². The van der Waals surface area contributed by atoms with Crippen molar-refractivity contribution in [1.82, 2.24) is 10.5 Å². The molecule has 1 aromatic carbocycles. The molecular formula is C16H20N6O2. The van der Waals surface area contributed by atoms with Crippen LogP contribution >= 0.6 is 0 Å². The monoisotopic (exact) mass is 328 g/mol. The van der Waals surface area contributed by atoms with Crippen molar-refractivity contribution in [3.63, 3.8) is 0 Å². The number of hydrogen-bond acceptors (Lipinski definition) is 4. The van der Waals surface area contributed by atoms with E-state index in [1.54, 1.807) is 9.36 Å². The van der Waals surface area contributed by atoms with E-state index in [2.05, 4.69) is 10.5 Å². The molecule has 0 saturated heterocycles. The van der Waals surface area contributed by atoms with Crippen LogP contribution in [0.1, 0.15) is 26.7 Å². The highest BCUT2D eigenvalue weighted by Gasteiger charge is 2.19. The molecule has 0 atom stereocenters. The number of rotatable bonds is 6. The van der Waals surface area contributed by atoms with Crippen LogP contribution in [-0.2, 0) is 13.1 Å². The Balaban J connectivity index is 2.12. The number of aryl methyl sites for hydroxylation is 2. The molecule has 0 bridgehead atoms. The van der Waals surface area contributed by atoms with Gasteiger partial charge >= 0.3 is 0 Å². The van der Waals surface area contributed by atoms with Crippen LogP contribution in [0.3, 0.4) is 0 Å². The fourth-order valence-corrected chi connectivity index (χ4v) is 2.69. The summed E-state index contributed by atoms with van der Waals surface area (Å²) in [6, 6.07) is 7.60. The minimum absolute atomic E-state index is 0.0263. The van der Waals surface area contributed by atoms with E-state index in [9.17, 15) is 0 Å². The summed E-state index contributed by atoms with van der Waals surface area (Å²) in [7, 11) is 0. The van der Waals surface area contributed by atoms with Gasteiger partial charge in [-0.1, -0.05) is 19.9 Å². The van der Waals surface area contributed by atoms with Crippen LogP contribution in [0.2, 0.25) is 0 Å². The van der Waals surface area contributed by atoms with Crippen LogP contribution in [0, 0.1) is 10.8 Å². The zero-order chi connectivity index (χ0) is 17.1. The maximum Gasteiger partial charge on any atom is 0.273 e. The summed E-state index contributed by atoms with van der Waals surface area (Å²) in [4.78, 5) is 0. The van der Waals surface area contributed by atoms with Crippen LogP contribution in [0.4, 0.5) is 0 Å². The Kier molecular flexibility index (Phi) is 4.45. The average Bonchev–Trinajstić information content (AvgIpc) is 3.11. The molecule has 0 aliphatic rings. The summed E-state index contributed by atoms with van der Waals surface area (Å²) in [6.07, 6.45) is 1.78. The molecule has 0 aliphatic carbocycles. The first kappa shape index (κ1) is 16.0. The summed E-state index contributed by atoms with van der Waals surface area (Å²) in [5, 5.41) is 23.8. The van der Waals surface area contributed by atoms with Crippen molar-refractivity contribution in [2.75, 3.05) is 0 Å². The van der Waals surface area contributed by atoms with E-state index < -0.39 is 0 Å². The normalized spacial score (nSPS) is 11.1. The van der Waals surface area contributed by atoms with E-state index in [1.807, 2.05) is 38.1 Å². The quantitative estimate of drug-likeness (QED) is 0.641. The van der Waals surface area contributed by atoms with Crippen LogP contribution in [0.15, 0.2) is 33.3 Å². The van der Waals surface area contributed by atoms with Crippen molar-refractivity contribution >= 4 is 0 Å². The summed E-state index contributed by atoms with van der Waals surface area (Å²) < 4.78 is 13.4. The smallest absolute Gasteiger partial charge is 0.273 e. The van der Waals surface area contributed by atoms with E-state index in [-0.39, 0.29) is 11.1 Å². The maximum absolute atomic E-state index is 7.98. The predicted molar refractivity (Wildman–Crippen MR) is 81.2 cm³/mol. The van der Waals surface area contributed by atoms with Crippen molar-refractivity contribution in [2.24, 2.45) is 0 Å². The van der Waals surface area contributed by atoms with Gasteiger partial charge in [-0.15, -0.1) is 0 Å². The molecule has 0 spiro atoms. The zero-order valence-corrected chi connectivity index (χ0v) is 13.7. The van der Waals surface area contributed by atoms with Gasteiger partial charge in [-0.25, -0.2) is 9.36 Å². The van der Waals surface area contributed by atoms with Gasteiger partial charge in [0.1, 0.15) is 13.1 Å². The van der Waals surface area contributed by atoms with Gasteiger partial charge in [-0.3, -0.25) is 21.4 Å². The van der Waals surface area contributed by atoms with Crippen LogP contribution in [-0.4, -0.2) is 0 Å². The van der Waals surface area contributed by atoms with Gasteiger partial charge in [-0.2, -0.15) is 0 Å². The third-order valence-electron chi connectivity index (χ3n) is 3.69. The summed E-state index contributed by atoms with van der Waals surface area (Å²) >= 11 is 0. The number of nitrogens with one attached hydrogen (secondary N) is 2. The largest absolute Gasteiger partial charge is 0.486 e. The second kappa shape index (κ2) is 6.69. The van der Waals surface area contributed by atoms with Gasteiger partial charge in [-0.05, 0) is 18.2 Å². The Bertz CT molecular complexity index is 872. The molecule has 126 valence electrons. The van der Waals surface area contributed by atoms with Crippen LogP contribution in [0.25, 0.3) is 22.5 Å².